The third-order valence-corrected chi connectivity index (χ3v) is 3.00. The summed E-state index contributed by atoms with van der Waals surface area (Å²) in [5.74, 6) is 0.846. The lowest BCUT2D eigenvalue weighted by atomic mass is 10.1. The molecule has 0 N–H and O–H groups in total. The largest absolute Gasteiger partial charge is 0.393 e. The Kier molecular flexibility index (Phi) is 1.69. The average molecular weight is 294 g/mol. The highest BCUT2D eigenvalue weighted by Crippen LogP contribution is 2.30. The Balaban J connectivity index is 2.49. The number of aromatic nitrogens is 1. The van der Waals surface area contributed by atoms with Crippen LogP contribution in [0.5, 0.6) is 0 Å². The van der Waals surface area contributed by atoms with Crippen molar-refractivity contribution >= 4 is 45.8 Å². The number of allylic oxidation sites excluding steroid dienone is 2. The summed E-state index contributed by atoms with van der Waals surface area (Å²) < 4.78 is 6.77. The predicted molar refractivity (Wildman–Crippen MR) is 63.5 cm³/mol. The number of furan rings is 1. The first kappa shape index (κ1) is 8.15. The van der Waals surface area contributed by atoms with Crippen molar-refractivity contribution in [3.8, 4) is 0 Å². The summed E-state index contributed by atoms with van der Waals surface area (Å²) in [5.41, 5.74) is 2.85. The number of hydrogen-bond acceptors (Lipinski definition) is 2. The zero-order valence-corrected chi connectivity index (χ0v) is 9.28. The molecule has 1 aliphatic rings. The monoisotopic (exact) mass is 294 g/mol. The second-order valence-corrected chi connectivity index (χ2v) is 4.16. The molecule has 0 atom stereocenters. The molecule has 2 heterocycles. The van der Waals surface area contributed by atoms with Gasteiger partial charge in [-0.3, -0.25) is 0 Å². The Morgan fingerprint density at radius 1 is 1.43 bits per heavy atom. The van der Waals surface area contributed by atoms with Gasteiger partial charge in [-0.25, -0.2) is 4.98 Å². The van der Waals surface area contributed by atoms with E-state index in [2.05, 4.69) is 33.7 Å². The van der Waals surface area contributed by atoms with Crippen LogP contribution >= 0.6 is 22.6 Å². The lowest BCUT2D eigenvalue weighted by molar-refractivity contribution is 0.600. The van der Waals surface area contributed by atoms with Crippen molar-refractivity contribution in [3.05, 3.63) is 39.3 Å². The van der Waals surface area contributed by atoms with Crippen molar-refractivity contribution in [2.24, 2.45) is 0 Å². The molecule has 14 heavy (non-hydrogen) atoms. The highest BCUT2D eigenvalue weighted by molar-refractivity contribution is 14.1. The van der Waals surface area contributed by atoms with E-state index in [1.54, 1.807) is 6.20 Å². The Morgan fingerprint density at radius 2 is 2.36 bits per heavy atom. The van der Waals surface area contributed by atoms with Crippen LogP contribution in [0.2, 0.25) is 0 Å². The van der Waals surface area contributed by atoms with E-state index in [9.17, 15) is 0 Å². The molecule has 2 aromatic heterocycles. The van der Waals surface area contributed by atoms with Gasteiger partial charge in [0.05, 0.1) is 9.65 Å². The van der Waals surface area contributed by atoms with Gasteiger partial charge < -0.3 is 4.42 Å². The van der Waals surface area contributed by atoms with Crippen LogP contribution in [0.1, 0.15) is 11.3 Å². The second-order valence-electron chi connectivity index (χ2n) is 2.99. The third kappa shape index (κ3) is 1.03. The van der Waals surface area contributed by atoms with E-state index in [1.165, 1.54) is 0 Å². The molecular formula is C11H5INO+. The molecule has 0 spiro atoms. The van der Waals surface area contributed by atoms with Crippen molar-refractivity contribution in [1.82, 2.24) is 4.98 Å². The first-order valence-electron chi connectivity index (χ1n) is 4.19. The van der Waals surface area contributed by atoms with Crippen LogP contribution in [0, 0.1) is 9.65 Å². The van der Waals surface area contributed by atoms with E-state index in [-0.39, 0.29) is 0 Å². The molecule has 3 heteroatoms. The van der Waals surface area contributed by atoms with Gasteiger partial charge in [0.25, 0.3) is 5.76 Å². The van der Waals surface area contributed by atoms with Crippen molar-refractivity contribution in [3.63, 3.8) is 0 Å². The highest BCUT2D eigenvalue weighted by atomic mass is 127. The zero-order valence-electron chi connectivity index (χ0n) is 7.12. The maximum Gasteiger partial charge on any atom is 0.251 e. The summed E-state index contributed by atoms with van der Waals surface area (Å²) in [6.45, 7) is 0. The Morgan fingerprint density at radius 3 is 3.29 bits per heavy atom. The number of rotatable bonds is 0. The molecule has 0 amide bonds. The van der Waals surface area contributed by atoms with E-state index < -0.39 is 0 Å². The van der Waals surface area contributed by atoms with Crippen LogP contribution in [-0.2, 0) is 0 Å². The maximum absolute atomic E-state index is 5.68. The fourth-order valence-corrected chi connectivity index (χ4v) is 2.05. The van der Waals surface area contributed by atoms with Gasteiger partial charge in [-0.2, -0.15) is 0 Å². The predicted octanol–water partition coefficient (Wildman–Crippen LogP) is 3.28. The zero-order chi connectivity index (χ0) is 9.54. The molecule has 1 aliphatic carbocycles. The van der Waals surface area contributed by atoms with Crippen LogP contribution in [-0.4, -0.2) is 4.98 Å². The lowest BCUT2D eigenvalue weighted by Crippen LogP contribution is -1.80. The number of hydrogen-bond donors (Lipinski definition) is 0. The van der Waals surface area contributed by atoms with Crippen LogP contribution < -0.4 is 0 Å². The van der Waals surface area contributed by atoms with Crippen LogP contribution in [0.3, 0.4) is 0 Å². The lowest BCUT2D eigenvalue weighted by Gasteiger charge is -1.88. The molecule has 0 aliphatic heterocycles. The molecule has 0 radical (unpaired) electrons. The van der Waals surface area contributed by atoms with Crippen LogP contribution in [0.4, 0.5) is 0 Å². The number of halogens is 1. The number of nitrogens with zero attached hydrogens (tertiary/aromatic N) is 1. The maximum atomic E-state index is 5.68. The van der Waals surface area contributed by atoms with Gasteiger partial charge in [0.15, 0.2) is 11.1 Å². The Labute approximate surface area is 94.5 Å². The Hall–Kier alpha value is -1.19. The van der Waals surface area contributed by atoms with Gasteiger partial charge in [0.2, 0.25) is 0 Å². The SMILES string of the molecule is Ic1ccnc2c3c(oc12)C=[C+]C=C3. The fraction of sp³-hybridized carbons (Fsp3) is 0. The minimum atomic E-state index is 0.846. The van der Waals surface area contributed by atoms with Gasteiger partial charge in [-0.1, -0.05) is 0 Å². The molecule has 0 bridgehead atoms. The molecular weight excluding hydrogens is 289 g/mol. The second kappa shape index (κ2) is 2.90. The van der Waals surface area contributed by atoms with Crippen molar-refractivity contribution in [2.45, 2.75) is 0 Å². The summed E-state index contributed by atoms with van der Waals surface area (Å²) in [4.78, 5) is 4.32. The number of fused-ring (bicyclic) bond motifs is 3. The molecule has 0 unspecified atom stereocenters. The van der Waals surface area contributed by atoms with Gasteiger partial charge in [0.1, 0.15) is 17.7 Å². The standard InChI is InChI=1S/C11H5INO/c12-8-5-6-13-10-7-3-1-2-4-9(7)14-11(8)10/h1,3-6H/q+1. The normalized spacial score (nSPS) is 12.9. The molecule has 3 rings (SSSR count). The summed E-state index contributed by atoms with van der Waals surface area (Å²) >= 11 is 2.25. The summed E-state index contributed by atoms with van der Waals surface area (Å²) in [6, 6.07) is 1.94. The van der Waals surface area contributed by atoms with Crippen molar-refractivity contribution in [2.75, 3.05) is 0 Å². The average Bonchev–Trinajstić information content (AvgIpc) is 2.59. The minimum absolute atomic E-state index is 0.846. The van der Waals surface area contributed by atoms with E-state index >= 15 is 0 Å². The van der Waals surface area contributed by atoms with E-state index in [0.29, 0.717) is 0 Å². The highest BCUT2D eigenvalue weighted by Gasteiger charge is 2.21. The smallest absolute Gasteiger partial charge is 0.251 e. The first-order valence-corrected chi connectivity index (χ1v) is 5.27. The topological polar surface area (TPSA) is 26.0 Å². The molecule has 0 aromatic carbocycles. The summed E-state index contributed by atoms with van der Waals surface area (Å²) in [7, 11) is 0. The third-order valence-electron chi connectivity index (χ3n) is 2.15. The first-order chi connectivity index (χ1) is 6.86. The van der Waals surface area contributed by atoms with Crippen molar-refractivity contribution < 1.29 is 4.42 Å². The summed E-state index contributed by atoms with van der Waals surface area (Å²) in [5, 5.41) is 0. The van der Waals surface area contributed by atoms with Gasteiger partial charge in [0, 0.05) is 12.3 Å². The molecule has 0 saturated carbocycles. The number of pyridine rings is 1. The van der Waals surface area contributed by atoms with Crippen molar-refractivity contribution in [1.29, 1.82) is 0 Å². The molecule has 0 saturated heterocycles. The quantitative estimate of drug-likeness (QED) is 0.550. The van der Waals surface area contributed by atoms with Crippen LogP contribution in [0.25, 0.3) is 23.3 Å². The minimum Gasteiger partial charge on any atom is -0.393 e. The van der Waals surface area contributed by atoms with Gasteiger partial charge in [-0.05, 0) is 28.7 Å². The molecule has 0 fully saturated rings. The van der Waals surface area contributed by atoms with E-state index in [1.807, 2.05) is 24.3 Å². The molecule has 2 aromatic rings. The fourth-order valence-electron chi connectivity index (χ4n) is 1.52. The van der Waals surface area contributed by atoms with Gasteiger partial charge >= 0.3 is 0 Å². The Bertz CT molecular complexity index is 566. The summed E-state index contributed by atoms with van der Waals surface area (Å²) in [6.07, 6.45) is 10.5. The molecule has 66 valence electrons. The van der Waals surface area contributed by atoms with E-state index in [0.717, 1.165) is 26.0 Å². The van der Waals surface area contributed by atoms with Gasteiger partial charge in [-0.15, -0.1) is 0 Å². The molecule has 2 nitrogen and oxygen atoms in total. The van der Waals surface area contributed by atoms with E-state index in [4.69, 9.17) is 4.42 Å². The van der Waals surface area contributed by atoms with Crippen LogP contribution in [0.15, 0.2) is 22.8 Å².